The van der Waals surface area contributed by atoms with Crippen LogP contribution in [0.3, 0.4) is 0 Å². The van der Waals surface area contributed by atoms with Crippen molar-refractivity contribution in [1.29, 1.82) is 0 Å². The maximum atomic E-state index is 13.3. The number of fused-ring (bicyclic) bond motifs is 1. The van der Waals surface area contributed by atoms with E-state index in [4.69, 9.17) is 4.98 Å². The SMILES string of the molecule is Cc1cccn2c(=O)c(/C=C/c3cccc[n+]3C)c(N3CCN(C)CC3)nc12. The van der Waals surface area contributed by atoms with Crippen molar-refractivity contribution in [3.63, 3.8) is 0 Å². The van der Waals surface area contributed by atoms with E-state index in [1.54, 1.807) is 10.6 Å². The first kappa shape index (κ1) is 18.4. The number of anilines is 1. The number of aromatic nitrogens is 3. The maximum Gasteiger partial charge on any atom is 0.267 e. The van der Waals surface area contributed by atoms with Crippen LogP contribution in [0, 0.1) is 6.92 Å². The van der Waals surface area contributed by atoms with E-state index in [1.165, 1.54) is 0 Å². The van der Waals surface area contributed by atoms with Crippen molar-refractivity contribution >= 4 is 23.6 Å². The van der Waals surface area contributed by atoms with E-state index in [-0.39, 0.29) is 5.56 Å². The molecule has 6 heteroatoms. The summed E-state index contributed by atoms with van der Waals surface area (Å²) in [7, 11) is 4.12. The highest BCUT2D eigenvalue weighted by molar-refractivity contribution is 5.75. The van der Waals surface area contributed by atoms with Gasteiger partial charge in [-0.1, -0.05) is 6.07 Å². The lowest BCUT2D eigenvalue weighted by molar-refractivity contribution is -0.673. The molecule has 1 saturated heterocycles. The summed E-state index contributed by atoms with van der Waals surface area (Å²) in [6.07, 6.45) is 7.69. The molecule has 6 nitrogen and oxygen atoms in total. The van der Waals surface area contributed by atoms with Crippen LogP contribution < -0.4 is 15.0 Å². The van der Waals surface area contributed by atoms with Gasteiger partial charge in [-0.2, -0.15) is 0 Å². The standard InChI is InChI=1S/C22H26N5O/c1-17-7-6-12-27-20(17)23-21(26-15-13-24(2)14-16-26)19(22(27)28)10-9-18-8-4-5-11-25(18)3/h4-12H,13-16H2,1-3H3/q+1. The Morgan fingerprint density at radius 1 is 1.07 bits per heavy atom. The first-order chi connectivity index (χ1) is 13.5. The first-order valence-electron chi connectivity index (χ1n) is 9.63. The van der Waals surface area contributed by atoms with Crippen molar-refractivity contribution in [3.8, 4) is 0 Å². The molecule has 0 amide bonds. The van der Waals surface area contributed by atoms with Crippen LogP contribution in [0.1, 0.15) is 16.8 Å². The zero-order valence-corrected chi connectivity index (χ0v) is 16.7. The highest BCUT2D eigenvalue weighted by Gasteiger charge is 2.21. The molecule has 0 saturated carbocycles. The molecule has 4 heterocycles. The largest absolute Gasteiger partial charge is 0.353 e. The second-order valence-corrected chi connectivity index (χ2v) is 7.40. The number of likely N-dealkylation sites (N-methyl/N-ethyl adjacent to an activating group) is 1. The molecule has 0 unspecified atom stereocenters. The summed E-state index contributed by atoms with van der Waals surface area (Å²) in [4.78, 5) is 22.8. The molecule has 0 atom stereocenters. The highest BCUT2D eigenvalue weighted by Crippen LogP contribution is 2.21. The van der Waals surface area contributed by atoms with Crippen molar-refractivity contribution in [2.75, 3.05) is 38.1 Å². The third kappa shape index (κ3) is 3.43. The number of aryl methyl sites for hydroxylation is 2. The zero-order chi connectivity index (χ0) is 19.7. The van der Waals surface area contributed by atoms with E-state index in [2.05, 4.69) is 16.8 Å². The normalized spacial score (nSPS) is 15.6. The summed E-state index contributed by atoms with van der Waals surface area (Å²) < 4.78 is 3.68. The average Bonchev–Trinajstić information content (AvgIpc) is 2.69. The fourth-order valence-corrected chi connectivity index (χ4v) is 3.58. The van der Waals surface area contributed by atoms with Crippen molar-refractivity contribution < 1.29 is 4.57 Å². The van der Waals surface area contributed by atoms with Gasteiger partial charge in [0.2, 0.25) is 5.69 Å². The molecule has 0 aromatic carbocycles. The summed E-state index contributed by atoms with van der Waals surface area (Å²) in [6, 6.07) is 9.90. The van der Waals surface area contributed by atoms with Crippen LogP contribution in [0.4, 0.5) is 5.82 Å². The van der Waals surface area contributed by atoms with Crippen LogP contribution in [-0.4, -0.2) is 47.5 Å². The fraction of sp³-hybridized carbons (Fsp3) is 0.318. The van der Waals surface area contributed by atoms with Gasteiger partial charge in [0, 0.05) is 50.6 Å². The smallest absolute Gasteiger partial charge is 0.267 e. The minimum Gasteiger partial charge on any atom is -0.353 e. The minimum atomic E-state index is -0.0301. The van der Waals surface area contributed by atoms with Crippen LogP contribution in [0.15, 0.2) is 47.5 Å². The summed E-state index contributed by atoms with van der Waals surface area (Å²) in [5.74, 6) is 0.780. The van der Waals surface area contributed by atoms with Crippen LogP contribution in [-0.2, 0) is 7.05 Å². The van der Waals surface area contributed by atoms with Crippen molar-refractivity contribution in [3.05, 3.63) is 69.9 Å². The Balaban J connectivity index is 1.87. The number of rotatable bonds is 3. The van der Waals surface area contributed by atoms with Crippen LogP contribution in [0.25, 0.3) is 17.8 Å². The van der Waals surface area contributed by atoms with E-state index in [9.17, 15) is 4.79 Å². The Morgan fingerprint density at radius 2 is 1.86 bits per heavy atom. The van der Waals surface area contributed by atoms with Gasteiger partial charge in [0.15, 0.2) is 6.20 Å². The van der Waals surface area contributed by atoms with Gasteiger partial charge in [0.1, 0.15) is 18.5 Å². The lowest BCUT2D eigenvalue weighted by Gasteiger charge is -2.34. The average molecular weight is 376 g/mol. The summed E-state index contributed by atoms with van der Waals surface area (Å²) in [5, 5.41) is 0. The number of hydrogen-bond donors (Lipinski definition) is 0. The van der Waals surface area contributed by atoms with Crippen molar-refractivity contribution in [2.45, 2.75) is 6.92 Å². The minimum absolute atomic E-state index is 0.0301. The Labute approximate surface area is 165 Å². The molecule has 1 aliphatic rings. The molecule has 1 aliphatic heterocycles. The van der Waals surface area contributed by atoms with Gasteiger partial charge in [-0.15, -0.1) is 0 Å². The molecule has 0 N–H and O–H groups in total. The lowest BCUT2D eigenvalue weighted by Crippen LogP contribution is -2.45. The van der Waals surface area contributed by atoms with Crippen LogP contribution in [0.5, 0.6) is 0 Å². The van der Waals surface area contributed by atoms with E-state index in [1.807, 2.05) is 67.2 Å². The fourth-order valence-electron chi connectivity index (χ4n) is 3.58. The molecule has 28 heavy (non-hydrogen) atoms. The zero-order valence-electron chi connectivity index (χ0n) is 16.7. The van der Waals surface area contributed by atoms with Gasteiger partial charge in [-0.05, 0) is 37.7 Å². The number of piperazine rings is 1. The van der Waals surface area contributed by atoms with Gasteiger partial charge in [-0.25, -0.2) is 9.55 Å². The quantitative estimate of drug-likeness (QED) is 0.654. The molecular formula is C22H26N5O+. The van der Waals surface area contributed by atoms with Gasteiger partial charge < -0.3 is 9.80 Å². The third-order valence-electron chi connectivity index (χ3n) is 5.38. The second kappa shape index (κ2) is 7.56. The van der Waals surface area contributed by atoms with Crippen molar-refractivity contribution in [1.82, 2.24) is 14.3 Å². The van der Waals surface area contributed by atoms with E-state index < -0.39 is 0 Å². The van der Waals surface area contributed by atoms with E-state index in [0.29, 0.717) is 5.56 Å². The topological polar surface area (TPSA) is 44.7 Å². The molecule has 0 spiro atoms. The van der Waals surface area contributed by atoms with Crippen molar-refractivity contribution in [2.24, 2.45) is 7.05 Å². The number of nitrogens with zero attached hydrogens (tertiary/aromatic N) is 5. The maximum absolute atomic E-state index is 13.3. The molecule has 0 radical (unpaired) electrons. The van der Waals surface area contributed by atoms with Crippen LogP contribution in [0.2, 0.25) is 0 Å². The third-order valence-corrected chi connectivity index (χ3v) is 5.38. The van der Waals surface area contributed by atoms with Gasteiger partial charge in [-0.3, -0.25) is 9.20 Å². The van der Waals surface area contributed by atoms with Gasteiger partial charge in [0.25, 0.3) is 5.56 Å². The predicted molar refractivity (Wildman–Crippen MR) is 112 cm³/mol. The molecule has 4 rings (SSSR count). The molecule has 1 fully saturated rings. The molecular weight excluding hydrogens is 350 g/mol. The first-order valence-corrected chi connectivity index (χ1v) is 9.63. The Bertz CT molecular complexity index is 1090. The van der Waals surface area contributed by atoms with Crippen LogP contribution >= 0.6 is 0 Å². The van der Waals surface area contributed by atoms with E-state index in [0.717, 1.165) is 48.9 Å². The Hall–Kier alpha value is -2.99. The molecule has 3 aromatic heterocycles. The molecule has 0 bridgehead atoms. The highest BCUT2D eigenvalue weighted by atomic mass is 16.1. The Morgan fingerprint density at radius 3 is 2.61 bits per heavy atom. The summed E-state index contributed by atoms with van der Waals surface area (Å²) in [5.41, 5.74) is 3.36. The number of pyridine rings is 2. The van der Waals surface area contributed by atoms with Gasteiger partial charge in [0.05, 0.1) is 5.56 Å². The molecule has 144 valence electrons. The molecule has 0 aliphatic carbocycles. The summed E-state index contributed by atoms with van der Waals surface area (Å²) >= 11 is 0. The number of hydrogen-bond acceptors (Lipinski definition) is 4. The monoisotopic (exact) mass is 376 g/mol. The second-order valence-electron chi connectivity index (χ2n) is 7.40. The lowest BCUT2D eigenvalue weighted by atomic mass is 10.2. The van der Waals surface area contributed by atoms with Gasteiger partial charge >= 0.3 is 0 Å². The summed E-state index contributed by atoms with van der Waals surface area (Å²) in [6.45, 7) is 5.65. The van der Waals surface area contributed by atoms with E-state index >= 15 is 0 Å². The Kier molecular flexibility index (Phi) is 4.96. The molecule has 3 aromatic rings. The predicted octanol–water partition coefficient (Wildman–Crippen LogP) is 1.75.